The Morgan fingerprint density at radius 2 is 1.96 bits per heavy atom. The summed E-state index contributed by atoms with van der Waals surface area (Å²) in [5, 5.41) is 2.81. The molecule has 0 aliphatic carbocycles. The molecular formula is C17H25N3O5S. The number of nitrogens with one attached hydrogen (secondary N) is 1. The fourth-order valence-electron chi connectivity index (χ4n) is 2.95. The Labute approximate surface area is 154 Å². The van der Waals surface area contributed by atoms with E-state index in [-0.39, 0.29) is 26.2 Å². The van der Waals surface area contributed by atoms with E-state index in [1.165, 1.54) is 12.0 Å². The van der Waals surface area contributed by atoms with Crippen LogP contribution in [0, 0.1) is 0 Å². The molecule has 2 amide bonds. The molecular weight excluding hydrogens is 358 g/mol. The van der Waals surface area contributed by atoms with Crippen LogP contribution in [0.5, 0.6) is 0 Å². The summed E-state index contributed by atoms with van der Waals surface area (Å²) in [4.78, 5) is 26.9. The Bertz CT molecular complexity index is 753. The van der Waals surface area contributed by atoms with Crippen LogP contribution in [0.3, 0.4) is 0 Å². The van der Waals surface area contributed by atoms with Crippen molar-refractivity contribution in [2.24, 2.45) is 0 Å². The molecule has 26 heavy (non-hydrogen) atoms. The number of benzene rings is 1. The van der Waals surface area contributed by atoms with Gasteiger partial charge in [-0.3, -0.25) is 9.59 Å². The van der Waals surface area contributed by atoms with Gasteiger partial charge in [0.05, 0.1) is 19.4 Å². The SMILES string of the molecule is COCCN1C(=O)CN(S(C)(=O)=O)CC1(C)C(=O)NCc1ccccc1. The lowest BCUT2D eigenvalue weighted by atomic mass is 9.95. The maximum absolute atomic E-state index is 12.9. The number of methoxy groups -OCH3 is 1. The Morgan fingerprint density at radius 3 is 2.54 bits per heavy atom. The molecule has 1 heterocycles. The van der Waals surface area contributed by atoms with Crippen LogP contribution in [0.15, 0.2) is 30.3 Å². The van der Waals surface area contributed by atoms with Crippen molar-refractivity contribution < 1.29 is 22.7 Å². The zero-order chi connectivity index (χ0) is 19.4. The number of hydrogen-bond acceptors (Lipinski definition) is 5. The van der Waals surface area contributed by atoms with Crippen molar-refractivity contribution in [2.45, 2.75) is 19.0 Å². The molecule has 1 N–H and O–H groups in total. The van der Waals surface area contributed by atoms with Gasteiger partial charge >= 0.3 is 0 Å². The molecule has 9 heteroatoms. The van der Waals surface area contributed by atoms with Crippen LogP contribution in [0.25, 0.3) is 0 Å². The maximum Gasteiger partial charge on any atom is 0.247 e. The quantitative estimate of drug-likeness (QED) is 0.704. The summed E-state index contributed by atoms with van der Waals surface area (Å²) in [5.74, 6) is -0.824. The largest absolute Gasteiger partial charge is 0.383 e. The van der Waals surface area contributed by atoms with E-state index < -0.39 is 27.4 Å². The Morgan fingerprint density at radius 1 is 1.31 bits per heavy atom. The molecule has 1 atom stereocenters. The van der Waals surface area contributed by atoms with Crippen molar-refractivity contribution in [1.29, 1.82) is 0 Å². The molecule has 1 aliphatic rings. The first-order valence-electron chi connectivity index (χ1n) is 8.25. The van der Waals surface area contributed by atoms with Gasteiger partial charge in [-0.1, -0.05) is 30.3 Å². The van der Waals surface area contributed by atoms with Gasteiger partial charge in [0.2, 0.25) is 21.8 Å². The summed E-state index contributed by atoms with van der Waals surface area (Å²) in [6.07, 6.45) is 1.04. The van der Waals surface area contributed by atoms with Gasteiger partial charge in [-0.05, 0) is 12.5 Å². The first-order chi connectivity index (χ1) is 12.2. The molecule has 1 fully saturated rings. The average Bonchev–Trinajstić information content (AvgIpc) is 2.59. The van der Waals surface area contributed by atoms with Gasteiger partial charge in [-0.25, -0.2) is 8.42 Å². The van der Waals surface area contributed by atoms with Crippen LogP contribution in [-0.4, -0.2) is 74.6 Å². The molecule has 0 aromatic heterocycles. The summed E-state index contributed by atoms with van der Waals surface area (Å²) >= 11 is 0. The van der Waals surface area contributed by atoms with E-state index in [1.807, 2.05) is 30.3 Å². The second-order valence-corrected chi connectivity index (χ2v) is 8.49. The van der Waals surface area contributed by atoms with Gasteiger partial charge in [0.1, 0.15) is 5.54 Å². The predicted molar refractivity (Wildman–Crippen MR) is 96.7 cm³/mol. The van der Waals surface area contributed by atoms with Gasteiger partial charge in [0.25, 0.3) is 0 Å². The highest BCUT2D eigenvalue weighted by Crippen LogP contribution is 2.24. The molecule has 1 unspecified atom stereocenters. The van der Waals surface area contributed by atoms with E-state index in [2.05, 4.69) is 5.32 Å². The smallest absolute Gasteiger partial charge is 0.247 e. The average molecular weight is 383 g/mol. The number of carbonyl (C=O) groups excluding carboxylic acids is 2. The number of nitrogens with zero attached hydrogens (tertiary/aromatic N) is 2. The van der Waals surface area contributed by atoms with Crippen LogP contribution in [-0.2, 0) is 30.9 Å². The lowest BCUT2D eigenvalue weighted by Crippen LogP contribution is -2.70. The van der Waals surface area contributed by atoms with E-state index in [9.17, 15) is 18.0 Å². The lowest BCUT2D eigenvalue weighted by Gasteiger charge is -2.46. The fraction of sp³-hybridized carbons (Fsp3) is 0.529. The first kappa shape index (κ1) is 20.3. The topological polar surface area (TPSA) is 96.0 Å². The summed E-state index contributed by atoms with van der Waals surface area (Å²) in [6.45, 7) is 1.97. The molecule has 0 spiro atoms. The molecule has 1 aliphatic heterocycles. The van der Waals surface area contributed by atoms with Crippen LogP contribution in [0.4, 0.5) is 0 Å². The molecule has 2 rings (SSSR count). The van der Waals surface area contributed by atoms with Crippen molar-refractivity contribution in [1.82, 2.24) is 14.5 Å². The Kier molecular flexibility index (Phi) is 6.38. The summed E-state index contributed by atoms with van der Waals surface area (Å²) in [7, 11) is -2.10. The molecule has 1 saturated heterocycles. The Hall–Kier alpha value is -1.97. The molecule has 0 radical (unpaired) electrons. The van der Waals surface area contributed by atoms with Crippen molar-refractivity contribution in [2.75, 3.05) is 39.6 Å². The minimum absolute atomic E-state index is 0.0953. The molecule has 1 aromatic carbocycles. The minimum Gasteiger partial charge on any atom is -0.383 e. The van der Waals surface area contributed by atoms with Crippen LogP contribution in [0.1, 0.15) is 12.5 Å². The van der Waals surface area contributed by atoms with Crippen LogP contribution >= 0.6 is 0 Å². The summed E-state index contributed by atoms with van der Waals surface area (Å²) in [6, 6.07) is 9.36. The van der Waals surface area contributed by atoms with Crippen molar-refractivity contribution >= 4 is 21.8 Å². The third-order valence-corrected chi connectivity index (χ3v) is 5.66. The van der Waals surface area contributed by atoms with Gasteiger partial charge in [-0.2, -0.15) is 4.31 Å². The summed E-state index contributed by atoms with van der Waals surface area (Å²) < 4.78 is 30.0. The number of ether oxygens (including phenoxy) is 1. The maximum atomic E-state index is 12.9. The highest BCUT2D eigenvalue weighted by Gasteiger charge is 2.49. The predicted octanol–water partition coefficient (Wildman–Crippen LogP) is -0.188. The zero-order valence-corrected chi connectivity index (χ0v) is 16.1. The van der Waals surface area contributed by atoms with E-state index in [0.717, 1.165) is 16.1 Å². The van der Waals surface area contributed by atoms with Gasteiger partial charge in [0, 0.05) is 26.7 Å². The van der Waals surface area contributed by atoms with Crippen LogP contribution in [0.2, 0.25) is 0 Å². The molecule has 144 valence electrons. The first-order valence-corrected chi connectivity index (χ1v) is 10.1. The van der Waals surface area contributed by atoms with E-state index in [0.29, 0.717) is 6.54 Å². The van der Waals surface area contributed by atoms with E-state index in [1.54, 1.807) is 6.92 Å². The number of amides is 2. The molecule has 0 bridgehead atoms. The van der Waals surface area contributed by atoms with E-state index >= 15 is 0 Å². The number of sulfonamides is 1. The normalized spacial score (nSPS) is 21.7. The molecule has 1 aromatic rings. The third kappa shape index (κ3) is 4.60. The van der Waals surface area contributed by atoms with Gasteiger partial charge < -0.3 is 15.0 Å². The highest BCUT2D eigenvalue weighted by molar-refractivity contribution is 7.88. The lowest BCUT2D eigenvalue weighted by molar-refractivity contribution is -0.153. The van der Waals surface area contributed by atoms with E-state index in [4.69, 9.17) is 4.74 Å². The minimum atomic E-state index is -3.60. The summed E-state index contributed by atoms with van der Waals surface area (Å²) in [5.41, 5.74) is -0.402. The molecule has 8 nitrogen and oxygen atoms in total. The second kappa shape index (κ2) is 8.15. The van der Waals surface area contributed by atoms with Gasteiger partial charge in [-0.15, -0.1) is 0 Å². The second-order valence-electron chi connectivity index (χ2n) is 6.51. The number of hydrogen-bond donors (Lipinski definition) is 1. The van der Waals surface area contributed by atoms with Crippen LogP contribution < -0.4 is 5.32 Å². The number of rotatable bonds is 7. The third-order valence-electron chi connectivity index (χ3n) is 4.47. The van der Waals surface area contributed by atoms with Gasteiger partial charge in [0.15, 0.2) is 0 Å². The zero-order valence-electron chi connectivity index (χ0n) is 15.3. The Balaban J connectivity index is 2.23. The monoisotopic (exact) mass is 383 g/mol. The highest BCUT2D eigenvalue weighted by atomic mass is 32.2. The standard InChI is InChI=1S/C17H25N3O5S/c1-17(16(22)18-11-14-7-5-4-6-8-14)13-19(26(3,23)24)12-15(21)20(17)9-10-25-2/h4-8H,9-13H2,1-3H3,(H,18,22). The van der Waals surface area contributed by atoms with Crippen molar-refractivity contribution in [3.63, 3.8) is 0 Å². The molecule has 0 saturated carbocycles. The number of carbonyl (C=O) groups is 2. The van der Waals surface area contributed by atoms with Crippen molar-refractivity contribution in [3.05, 3.63) is 35.9 Å². The number of piperazine rings is 1. The van der Waals surface area contributed by atoms with Crippen molar-refractivity contribution in [3.8, 4) is 0 Å². The fourth-order valence-corrected chi connectivity index (χ4v) is 3.78.